The van der Waals surface area contributed by atoms with Crippen LogP contribution in [-0.4, -0.2) is 26.8 Å². The van der Waals surface area contributed by atoms with Crippen LogP contribution in [0.2, 0.25) is 0 Å². The highest BCUT2D eigenvalue weighted by Crippen LogP contribution is 2.32. The van der Waals surface area contributed by atoms with Gasteiger partial charge in [0.05, 0.1) is 0 Å². The van der Waals surface area contributed by atoms with E-state index >= 15 is 0 Å². The third-order valence-electron chi connectivity index (χ3n) is 4.69. The van der Waals surface area contributed by atoms with Gasteiger partial charge in [-0.05, 0) is 43.9 Å². The first-order valence-electron chi connectivity index (χ1n) is 7.83. The maximum absolute atomic E-state index is 4.35. The summed E-state index contributed by atoms with van der Waals surface area (Å²) >= 11 is 0. The second-order valence-electron chi connectivity index (χ2n) is 6.80. The Bertz CT molecular complexity index is 400. The normalized spacial score (nSPS) is 30.2. The van der Waals surface area contributed by atoms with Crippen LogP contribution in [0.15, 0.2) is 6.33 Å². The van der Waals surface area contributed by atoms with Crippen LogP contribution in [-0.2, 0) is 13.0 Å². The second kappa shape index (κ2) is 5.61. The lowest BCUT2D eigenvalue weighted by atomic mass is 9.89. The highest BCUT2D eigenvalue weighted by molar-refractivity contribution is 4.97. The van der Waals surface area contributed by atoms with E-state index in [4.69, 9.17) is 0 Å². The van der Waals surface area contributed by atoms with Crippen LogP contribution in [0.5, 0.6) is 0 Å². The molecule has 4 nitrogen and oxygen atoms in total. The van der Waals surface area contributed by atoms with E-state index in [1.165, 1.54) is 37.9 Å². The Morgan fingerprint density at radius 2 is 2.05 bits per heavy atom. The monoisotopic (exact) mass is 262 g/mol. The molecule has 19 heavy (non-hydrogen) atoms. The van der Waals surface area contributed by atoms with Crippen molar-refractivity contribution in [2.75, 3.05) is 0 Å². The fourth-order valence-corrected chi connectivity index (χ4v) is 3.62. The smallest absolute Gasteiger partial charge is 0.133 e. The van der Waals surface area contributed by atoms with E-state index in [1.54, 1.807) is 0 Å². The van der Waals surface area contributed by atoms with Gasteiger partial charge in [-0.3, -0.25) is 0 Å². The summed E-state index contributed by atoms with van der Waals surface area (Å²) in [6.45, 7) is 5.61. The number of nitrogens with one attached hydrogen (secondary N) is 1. The van der Waals surface area contributed by atoms with Crippen molar-refractivity contribution in [3.05, 3.63) is 12.2 Å². The van der Waals surface area contributed by atoms with Gasteiger partial charge in [-0.25, -0.2) is 0 Å². The molecule has 0 aromatic carbocycles. The number of fused-ring (bicyclic) bond motifs is 2. The molecule has 2 aliphatic rings. The minimum absolute atomic E-state index is 0.741. The molecule has 3 heterocycles. The lowest BCUT2D eigenvalue weighted by molar-refractivity contribution is 0.292. The van der Waals surface area contributed by atoms with Crippen molar-refractivity contribution in [3.8, 4) is 0 Å². The van der Waals surface area contributed by atoms with E-state index in [-0.39, 0.29) is 0 Å². The first-order chi connectivity index (χ1) is 9.20. The van der Waals surface area contributed by atoms with E-state index in [9.17, 15) is 0 Å². The number of aromatic nitrogens is 3. The minimum Gasteiger partial charge on any atom is -0.318 e. The van der Waals surface area contributed by atoms with Crippen LogP contribution in [0.25, 0.3) is 0 Å². The molecule has 4 heteroatoms. The van der Waals surface area contributed by atoms with Crippen LogP contribution in [0.3, 0.4) is 0 Å². The number of rotatable bonds is 5. The van der Waals surface area contributed by atoms with Gasteiger partial charge in [-0.1, -0.05) is 13.8 Å². The first kappa shape index (κ1) is 13.1. The van der Waals surface area contributed by atoms with Crippen LogP contribution >= 0.6 is 0 Å². The van der Waals surface area contributed by atoms with Crippen molar-refractivity contribution in [1.29, 1.82) is 0 Å². The van der Waals surface area contributed by atoms with E-state index in [1.807, 2.05) is 6.33 Å². The van der Waals surface area contributed by atoms with Gasteiger partial charge in [-0.2, -0.15) is 0 Å². The zero-order valence-corrected chi connectivity index (χ0v) is 12.2. The zero-order chi connectivity index (χ0) is 13.2. The second-order valence-corrected chi connectivity index (χ2v) is 6.80. The molecule has 0 amide bonds. The molecule has 2 atom stereocenters. The lowest BCUT2D eigenvalue weighted by Gasteiger charge is -2.28. The molecule has 1 aromatic heterocycles. The number of piperidine rings is 1. The molecule has 0 saturated carbocycles. The van der Waals surface area contributed by atoms with Gasteiger partial charge < -0.3 is 9.88 Å². The van der Waals surface area contributed by atoms with Gasteiger partial charge in [0, 0.05) is 25.0 Å². The Kier molecular flexibility index (Phi) is 3.87. The van der Waals surface area contributed by atoms with Crippen molar-refractivity contribution in [2.45, 2.75) is 71.0 Å². The molecule has 0 spiro atoms. The van der Waals surface area contributed by atoms with Crippen molar-refractivity contribution in [2.24, 2.45) is 11.8 Å². The van der Waals surface area contributed by atoms with Gasteiger partial charge >= 0.3 is 0 Å². The summed E-state index contributed by atoms with van der Waals surface area (Å²) in [7, 11) is 0. The summed E-state index contributed by atoms with van der Waals surface area (Å²) in [6, 6.07) is 1.55. The average molecular weight is 262 g/mol. The Hall–Kier alpha value is -0.900. The molecule has 0 aliphatic carbocycles. The molecule has 1 aromatic rings. The number of nitrogens with zero attached hydrogens (tertiary/aromatic N) is 3. The number of aryl methyl sites for hydroxylation is 1. The van der Waals surface area contributed by atoms with Crippen LogP contribution in [0.4, 0.5) is 0 Å². The topological polar surface area (TPSA) is 42.7 Å². The Morgan fingerprint density at radius 1 is 1.32 bits per heavy atom. The van der Waals surface area contributed by atoms with Gasteiger partial charge in [0.1, 0.15) is 12.2 Å². The third-order valence-corrected chi connectivity index (χ3v) is 4.69. The quantitative estimate of drug-likeness (QED) is 0.886. The summed E-state index contributed by atoms with van der Waals surface area (Å²) in [5.74, 6) is 2.75. The molecule has 2 unspecified atom stereocenters. The predicted molar refractivity (Wildman–Crippen MR) is 75.9 cm³/mol. The fourth-order valence-electron chi connectivity index (χ4n) is 3.62. The average Bonchev–Trinajstić information content (AvgIpc) is 2.94. The molecule has 0 radical (unpaired) electrons. The van der Waals surface area contributed by atoms with Crippen LogP contribution < -0.4 is 5.32 Å². The molecule has 2 bridgehead atoms. The summed E-state index contributed by atoms with van der Waals surface area (Å²) in [5.41, 5.74) is 0. The van der Waals surface area contributed by atoms with E-state index in [0.29, 0.717) is 0 Å². The molecule has 3 rings (SSSR count). The van der Waals surface area contributed by atoms with Gasteiger partial charge in [0.2, 0.25) is 0 Å². The summed E-state index contributed by atoms with van der Waals surface area (Å²) in [6.07, 6.45) is 9.65. The molecular formula is C15H26N4. The fraction of sp³-hybridized carbons (Fsp3) is 0.867. The largest absolute Gasteiger partial charge is 0.318 e. The van der Waals surface area contributed by atoms with Gasteiger partial charge in [0.15, 0.2) is 0 Å². The van der Waals surface area contributed by atoms with E-state index in [0.717, 1.165) is 36.9 Å². The molecule has 2 aliphatic heterocycles. The highest BCUT2D eigenvalue weighted by atomic mass is 15.3. The SMILES string of the molecule is CC(C)CCn1cnnc1CC1CC2CCC(C1)N2. The summed E-state index contributed by atoms with van der Waals surface area (Å²) < 4.78 is 2.27. The maximum Gasteiger partial charge on any atom is 0.133 e. The van der Waals surface area contributed by atoms with Crippen molar-refractivity contribution in [1.82, 2.24) is 20.1 Å². The highest BCUT2D eigenvalue weighted by Gasteiger charge is 2.33. The molecule has 2 saturated heterocycles. The first-order valence-corrected chi connectivity index (χ1v) is 7.83. The van der Waals surface area contributed by atoms with E-state index in [2.05, 4.69) is 33.9 Å². The zero-order valence-electron chi connectivity index (χ0n) is 12.2. The Balaban J connectivity index is 1.59. The molecule has 106 valence electrons. The lowest BCUT2D eigenvalue weighted by Crippen LogP contribution is -2.38. The van der Waals surface area contributed by atoms with Crippen molar-refractivity contribution < 1.29 is 0 Å². The van der Waals surface area contributed by atoms with Crippen LogP contribution in [0, 0.1) is 11.8 Å². The summed E-state index contributed by atoms with van der Waals surface area (Å²) in [4.78, 5) is 0. The maximum atomic E-state index is 4.35. The molecular weight excluding hydrogens is 236 g/mol. The number of hydrogen-bond acceptors (Lipinski definition) is 3. The van der Waals surface area contributed by atoms with Crippen molar-refractivity contribution in [3.63, 3.8) is 0 Å². The standard InChI is InChI=1S/C15H26N4/c1-11(2)5-6-19-10-16-18-15(19)9-12-7-13-3-4-14(8-12)17-13/h10-14,17H,3-9H2,1-2H3. The minimum atomic E-state index is 0.741. The summed E-state index contributed by atoms with van der Waals surface area (Å²) in [5, 5.41) is 12.2. The Labute approximate surface area is 116 Å². The predicted octanol–water partition coefficient (Wildman–Crippen LogP) is 2.40. The van der Waals surface area contributed by atoms with E-state index < -0.39 is 0 Å². The van der Waals surface area contributed by atoms with Crippen LogP contribution in [0.1, 0.15) is 51.8 Å². The third kappa shape index (κ3) is 3.16. The van der Waals surface area contributed by atoms with Gasteiger partial charge in [0.25, 0.3) is 0 Å². The Morgan fingerprint density at radius 3 is 2.74 bits per heavy atom. The molecule has 1 N–H and O–H groups in total. The number of hydrogen-bond donors (Lipinski definition) is 1. The van der Waals surface area contributed by atoms with Gasteiger partial charge in [-0.15, -0.1) is 10.2 Å². The van der Waals surface area contributed by atoms with Crippen molar-refractivity contribution >= 4 is 0 Å². The molecule has 2 fully saturated rings.